The normalized spacial score (nSPS) is 15.5. The first kappa shape index (κ1) is 14.6. The van der Waals surface area contributed by atoms with Gasteiger partial charge in [0.15, 0.2) is 0 Å². The topological polar surface area (TPSA) is 59.0 Å². The van der Waals surface area contributed by atoms with Gasteiger partial charge >= 0.3 is 6.03 Å². The molecule has 22 heavy (non-hydrogen) atoms. The summed E-state index contributed by atoms with van der Waals surface area (Å²) >= 11 is 0. The summed E-state index contributed by atoms with van der Waals surface area (Å²) in [5.41, 5.74) is 2.00. The maximum absolute atomic E-state index is 11.9. The average Bonchev–Trinajstić information content (AvgIpc) is 3.04. The van der Waals surface area contributed by atoms with Crippen LogP contribution in [0.2, 0.25) is 0 Å². The van der Waals surface area contributed by atoms with Crippen molar-refractivity contribution >= 4 is 6.03 Å². The maximum atomic E-state index is 11.9. The third-order valence-electron chi connectivity index (χ3n) is 4.05. The van der Waals surface area contributed by atoms with Crippen LogP contribution >= 0.6 is 0 Å². The van der Waals surface area contributed by atoms with Crippen molar-refractivity contribution in [1.82, 2.24) is 20.4 Å². The number of nitrogens with one attached hydrogen (secondary N) is 2. The fraction of sp³-hybridized carbons (Fsp3) is 0.412. The predicted molar refractivity (Wildman–Crippen MR) is 85.8 cm³/mol. The summed E-state index contributed by atoms with van der Waals surface area (Å²) in [6, 6.07) is 10.2. The molecule has 1 aromatic heterocycles. The molecule has 5 nitrogen and oxygen atoms in total. The van der Waals surface area contributed by atoms with Gasteiger partial charge in [0.25, 0.3) is 0 Å². The quantitative estimate of drug-likeness (QED) is 0.911. The van der Waals surface area contributed by atoms with Gasteiger partial charge in [0.2, 0.25) is 0 Å². The van der Waals surface area contributed by atoms with Crippen LogP contribution in [0, 0.1) is 0 Å². The van der Waals surface area contributed by atoms with Crippen LogP contribution in [0.5, 0.6) is 0 Å². The van der Waals surface area contributed by atoms with Crippen molar-refractivity contribution in [1.29, 1.82) is 0 Å². The minimum Gasteiger partial charge on any atom is -0.335 e. The molecule has 0 unspecified atom stereocenters. The third-order valence-corrected chi connectivity index (χ3v) is 4.05. The van der Waals surface area contributed by atoms with Crippen molar-refractivity contribution in [2.24, 2.45) is 0 Å². The zero-order valence-electron chi connectivity index (χ0n) is 12.7. The van der Waals surface area contributed by atoms with Crippen molar-refractivity contribution in [3.05, 3.63) is 48.3 Å². The second-order valence-corrected chi connectivity index (χ2v) is 5.79. The van der Waals surface area contributed by atoms with Gasteiger partial charge in [0.1, 0.15) is 0 Å². The Bertz CT molecular complexity index is 602. The molecule has 2 amide bonds. The van der Waals surface area contributed by atoms with E-state index in [2.05, 4.69) is 15.7 Å². The van der Waals surface area contributed by atoms with E-state index in [4.69, 9.17) is 0 Å². The summed E-state index contributed by atoms with van der Waals surface area (Å²) in [7, 11) is 0. The summed E-state index contributed by atoms with van der Waals surface area (Å²) in [6.07, 6.45) is 9.64. The van der Waals surface area contributed by atoms with Crippen molar-refractivity contribution in [3.63, 3.8) is 0 Å². The van der Waals surface area contributed by atoms with E-state index < -0.39 is 0 Å². The highest BCUT2D eigenvalue weighted by molar-refractivity contribution is 5.74. The average molecular weight is 298 g/mol. The van der Waals surface area contributed by atoms with Gasteiger partial charge in [-0.2, -0.15) is 5.10 Å². The lowest BCUT2D eigenvalue weighted by Crippen LogP contribution is -2.42. The van der Waals surface area contributed by atoms with Crippen molar-refractivity contribution in [2.45, 2.75) is 44.7 Å². The highest BCUT2D eigenvalue weighted by Crippen LogP contribution is 2.17. The van der Waals surface area contributed by atoms with Gasteiger partial charge in [-0.1, -0.05) is 37.5 Å². The molecule has 5 heteroatoms. The standard InChI is InChI=1S/C17H22N4O/c22-17(20-15-7-3-1-4-8-15)18-11-14-12-19-21(13-14)16-9-5-2-6-10-16/h2,5-6,9-10,12-13,15H,1,3-4,7-8,11H2,(H2,18,20,22). The summed E-state index contributed by atoms with van der Waals surface area (Å²) < 4.78 is 1.82. The Morgan fingerprint density at radius 3 is 2.73 bits per heavy atom. The van der Waals surface area contributed by atoms with Crippen LogP contribution in [0.4, 0.5) is 4.79 Å². The Morgan fingerprint density at radius 1 is 1.18 bits per heavy atom. The Morgan fingerprint density at radius 2 is 1.95 bits per heavy atom. The van der Waals surface area contributed by atoms with Crippen LogP contribution in [0.25, 0.3) is 5.69 Å². The van der Waals surface area contributed by atoms with Crippen LogP contribution in [-0.2, 0) is 6.54 Å². The number of aromatic nitrogens is 2. The molecule has 1 fully saturated rings. The lowest BCUT2D eigenvalue weighted by atomic mass is 9.96. The molecule has 0 radical (unpaired) electrons. The van der Waals surface area contributed by atoms with E-state index in [0.29, 0.717) is 12.6 Å². The van der Waals surface area contributed by atoms with E-state index in [-0.39, 0.29) is 6.03 Å². The molecule has 1 aliphatic carbocycles. The summed E-state index contributed by atoms with van der Waals surface area (Å²) in [5, 5.41) is 10.3. The van der Waals surface area contributed by atoms with Crippen molar-refractivity contribution < 1.29 is 4.79 Å². The number of hydrogen-bond acceptors (Lipinski definition) is 2. The van der Waals surface area contributed by atoms with E-state index in [9.17, 15) is 4.79 Å². The SMILES string of the molecule is O=C(NCc1cnn(-c2ccccc2)c1)NC1CCCCC1. The molecule has 0 aliphatic heterocycles. The van der Waals surface area contributed by atoms with E-state index in [1.54, 1.807) is 6.20 Å². The van der Waals surface area contributed by atoms with E-state index in [1.807, 2.05) is 41.2 Å². The minimum atomic E-state index is -0.0839. The van der Waals surface area contributed by atoms with E-state index in [1.165, 1.54) is 19.3 Å². The molecule has 0 atom stereocenters. The maximum Gasteiger partial charge on any atom is 0.315 e. The van der Waals surface area contributed by atoms with E-state index >= 15 is 0 Å². The molecule has 1 aliphatic rings. The van der Waals surface area contributed by atoms with Crippen molar-refractivity contribution in [2.75, 3.05) is 0 Å². The fourth-order valence-electron chi connectivity index (χ4n) is 2.84. The van der Waals surface area contributed by atoms with Gasteiger partial charge in [0, 0.05) is 24.3 Å². The smallest absolute Gasteiger partial charge is 0.315 e. The Labute approximate surface area is 130 Å². The first-order valence-electron chi connectivity index (χ1n) is 7.94. The van der Waals surface area contributed by atoms with Gasteiger partial charge in [0.05, 0.1) is 11.9 Å². The molecule has 1 saturated carbocycles. The van der Waals surface area contributed by atoms with Gasteiger partial charge < -0.3 is 10.6 Å². The monoisotopic (exact) mass is 298 g/mol. The molecule has 0 saturated heterocycles. The molecule has 3 rings (SSSR count). The molecular weight excluding hydrogens is 276 g/mol. The van der Waals surface area contributed by atoms with Crippen LogP contribution < -0.4 is 10.6 Å². The minimum absolute atomic E-state index is 0.0839. The molecule has 116 valence electrons. The lowest BCUT2D eigenvalue weighted by Gasteiger charge is -2.22. The predicted octanol–water partition coefficient (Wildman–Crippen LogP) is 3.00. The first-order valence-corrected chi connectivity index (χ1v) is 7.94. The first-order chi connectivity index (χ1) is 10.8. The molecule has 0 spiro atoms. The van der Waals surface area contributed by atoms with Crippen molar-refractivity contribution in [3.8, 4) is 5.69 Å². The molecular formula is C17H22N4O. The zero-order valence-corrected chi connectivity index (χ0v) is 12.7. The number of benzene rings is 1. The Hall–Kier alpha value is -2.30. The van der Waals surface area contributed by atoms with Gasteiger partial charge in [-0.25, -0.2) is 9.48 Å². The Kier molecular flexibility index (Phi) is 4.73. The number of rotatable bonds is 4. The van der Waals surface area contributed by atoms with Gasteiger partial charge in [-0.05, 0) is 25.0 Å². The molecule has 0 bridgehead atoms. The highest BCUT2D eigenvalue weighted by Gasteiger charge is 2.15. The zero-order chi connectivity index (χ0) is 15.2. The fourth-order valence-corrected chi connectivity index (χ4v) is 2.84. The van der Waals surface area contributed by atoms with Crippen LogP contribution in [0.3, 0.4) is 0 Å². The summed E-state index contributed by atoms with van der Waals surface area (Å²) in [4.78, 5) is 11.9. The number of carbonyl (C=O) groups excluding carboxylic acids is 1. The molecule has 1 heterocycles. The number of nitrogens with zero attached hydrogens (tertiary/aromatic N) is 2. The van der Waals surface area contributed by atoms with Crippen LogP contribution in [-0.4, -0.2) is 21.9 Å². The highest BCUT2D eigenvalue weighted by atomic mass is 16.2. The number of urea groups is 1. The van der Waals surface area contributed by atoms with E-state index in [0.717, 1.165) is 24.1 Å². The van der Waals surface area contributed by atoms with Gasteiger partial charge in [-0.15, -0.1) is 0 Å². The molecule has 1 aromatic carbocycles. The third kappa shape index (κ3) is 3.87. The van der Waals surface area contributed by atoms with Gasteiger partial charge in [-0.3, -0.25) is 0 Å². The number of amides is 2. The Balaban J connectivity index is 1.49. The number of hydrogen-bond donors (Lipinski definition) is 2. The lowest BCUT2D eigenvalue weighted by molar-refractivity contribution is 0.232. The number of para-hydroxylation sites is 1. The second kappa shape index (κ2) is 7.11. The second-order valence-electron chi connectivity index (χ2n) is 5.79. The number of carbonyl (C=O) groups is 1. The van der Waals surface area contributed by atoms with Crippen LogP contribution in [0.15, 0.2) is 42.7 Å². The summed E-state index contributed by atoms with van der Waals surface area (Å²) in [6.45, 7) is 0.491. The summed E-state index contributed by atoms with van der Waals surface area (Å²) in [5.74, 6) is 0. The largest absolute Gasteiger partial charge is 0.335 e. The molecule has 2 aromatic rings. The molecule has 2 N–H and O–H groups in total. The van der Waals surface area contributed by atoms with Crippen LogP contribution in [0.1, 0.15) is 37.7 Å².